The molecule has 0 aromatic carbocycles. The number of aryl methyl sites for hydroxylation is 1. The van der Waals surface area contributed by atoms with E-state index in [4.69, 9.17) is 14.7 Å². The highest BCUT2D eigenvalue weighted by Gasteiger charge is 2.25. The Labute approximate surface area is 153 Å². The van der Waals surface area contributed by atoms with Crippen LogP contribution < -0.4 is 4.90 Å². The number of fused-ring (bicyclic) bond motifs is 1. The number of anilines is 1. The minimum absolute atomic E-state index is 0.103. The lowest BCUT2D eigenvalue weighted by Gasteiger charge is -2.31. The van der Waals surface area contributed by atoms with Crippen LogP contribution in [0.3, 0.4) is 0 Å². The van der Waals surface area contributed by atoms with Gasteiger partial charge in [0.25, 0.3) is 0 Å². The van der Waals surface area contributed by atoms with Crippen molar-refractivity contribution in [2.24, 2.45) is 0 Å². The molecule has 4 heterocycles. The fourth-order valence-corrected chi connectivity index (χ4v) is 3.45. The number of hydrogen-bond donors (Lipinski definition) is 0. The molecule has 7 heteroatoms. The van der Waals surface area contributed by atoms with Crippen LogP contribution in [0.4, 0.5) is 5.95 Å². The van der Waals surface area contributed by atoms with Crippen LogP contribution in [-0.2, 0) is 28.9 Å². The second-order valence-electron chi connectivity index (χ2n) is 6.70. The number of carbonyl (C=O) groups excluding carboxylic acids is 1. The lowest BCUT2D eigenvalue weighted by molar-refractivity contribution is -0.131. The zero-order chi connectivity index (χ0) is 17.9. The van der Waals surface area contributed by atoms with Crippen molar-refractivity contribution in [2.45, 2.75) is 26.3 Å². The van der Waals surface area contributed by atoms with Crippen molar-refractivity contribution in [3.8, 4) is 0 Å². The van der Waals surface area contributed by atoms with Crippen molar-refractivity contribution in [1.82, 2.24) is 19.9 Å². The summed E-state index contributed by atoms with van der Waals surface area (Å²) in [6.07, 6.45) is 2.82. The predicted molar refractivity (Wildman–Crippen MR) is 96.9 cm³/mol. The number of hydrogen-bond acceptors (Lipinski definition) is 6. The Hall–Kier alpha value is -2.54. The molecule has 136 valence electrons. The zero-order valence-electron chi connectivity index (χ0n) is 15.0. The zero-order valence-corrected chi connectivity index (χ0v) is 15.0. The molecule has 2 aliphatic rings. The smallest absolute Gasteiger partial charge is 0.228 e. The summed E-state index contributed by atoms with van der Waals surface area (Å²) in [6.45, 7) is 6.37. The molecular formula is C19H23N5O2. The number of ether oxygens (including phenoxy) is 1. The lowest BCUT2D eigenvalue weighted by atomic mass is 10.0. The first-order chi connectivity index (χ1) is 12.7. The molecule has 0 bridgehead atoms. The van der Waals surface area contributed by atoms with Crippen LogP contribution in [0.2, 0.25) is 0 Å². The van der Waals surface area contributed by atoms with E-state index in [1.165, 1.54) is 0 Å². The summed E-state index contributed by atoms with van der Waals surface area (Å²) < 4.78 is 5.41. The first-order valence-corrected chi connectivity index (χ1v) is 9.07. The fourth-order valence-electron chi connectivity index (χ4n) is 3.45. The summed E-state index contributed by atoms with van der Waals surface area (Å²) in [5, 5.41) is 0. The van der Waals surface area contributed by atoms with Crippen LogP contribution in [0.1, 0.15) is 22.6 Å². The van der Waals surface area contributed by atoms with Crippen LogP contribution in [-0.4, -0.2) is 58.6 Å². The van der Waals surface area contributed by atoms with Gasteiger partial charge in [-0.15, -0.1) is 0 Å². The van der Waals surface area contributed by atoms with Gasteiger partial charge >= 0.3 is 0 Å². The molecule has 1 saturated heterocycles. The number of morpholine rings is 1. The average Bonchev–Trinajstić information content (AvgIpc) is 2.69. The van der Waals surface area contributed by atoms with Crippen LogP contribution in [0.5, 0.6) is 0 Å². The van der Waals surface area contributed by atoms with E-state index in [0.29, 0.717) is 19.5 Å². The molecule has 0 unspecified atom stereocenters. The molecule has 2 aromatic heterocycles. The van der Waals surface area contributed by atoms with E-state index in [2.05, 4.69) is 9.88 Å². The third-order valence-electron chi connectivity index (χ3n) is 4.96. The number of pyridine rings is 1. The van der Waals surface area contributed by atoms with Crippen molar-refractivity contribution in [1.29, 1.82) is 0 Å². The third-order valence-corrected chi connectivity index (χ3v) is 4.96. The van der Waals surface area contributed by atoms with Gasteiger partial charge in [0.15, 0.2) is 0 Å². The number of rotatable bonds is 3. The highest BCUT2D eigenvalue weighted by Crippen LogP contribution is 2.23. The Morgan fingerprint density at radius 3 is 2.81 bits per heavy atom. The third kappa shape index (κ3) is 3.53. The molecule has 0 N–H and O–H groups in total. The Bertz CT molecular complexity index is 790. The molecule has 0 spiro atoms. The molecule has 0 aliphatic carbocycles. The van der Waals surface area contributed by atoms with E-state index < -0.39 is 0 Å². The molecule has 2 aliphatic heterocycles. The average molecular weight is 353 g/mol. The highest BCUT2D eigenvalue weighted by molar-refractivity contribution is 5.78. The van der Waals surface area contributed by atoms with E-state index in [0.717, 1.165) is 61.3 Å². The second-order valence-corrected chi connectivity index (χ2v) is 6.70. The lowest BCUT2D eigenvalue weighted by Crippen LogP contribution is -2.40. The first kappa shape index (κ1) is 16.9. The quantitative estimate of drug-likeness (QED) is 0.824. The minimum atomic E-state index is 0.103. The number of carbonyl (C=O) groups is 1. The summed E-state index contributed by atoms with van der Waals surface area (Å²) in [6, 6.07) is 5.66. The van der Waals surface area contributed by atoms with Gasteiger partial charge in [-0.2, -0.15) is 0 Å². The maximum atomic E-state index is 12.6. The Morgan fingerprint density at radius 1 is 1.19 bits per heavy atom. The Morgan fingerprint density at radius 2 is 2.04 bits per heavy atom. The van der Waals surface area contributed by atoms with Gasteiger partial charge in [0.2, 0.25) is 11.9 Å². The molecular weight excluding hydrogens is 330 g/mol. The van der Waals surface area contributed by atoms with Crippen molar-refractivity contribution < 1.29 is 9.53 Å². The molecule has 0 radical (unpaired) electrons. The molecule has 26 heavy (non-hydrogen) atoms. The Kier molecular flexibility index (Phi) is 4.79. The maximum absolute atomic E-state index is 12.6. The van der Waals surface area contributed by atoms with Gasteiger partial charge < -0.3 is 14.5 Å². The monoisotopic (exact) mass is 353 g/mol. The molecule has 4 rings (SSSR count). The van der Waals surface area contributed by atoms with Crippen molar-refractivity contribution in [2.75, 3.05) is 37.7 Å². The molecule has 1 fully saturated rings. The number of amides is 1. The van der Waals surface area contributed by atoms with Crippen LogP contribution >= 0.6 is 0 Å². The van der Waals surface area contributed by atoms with Gasteiger partial charge in [0.1, 0.15) is 0 Å². The normalized spacial score (nSPS) is 17.1. The Balaban J connectivity index is 1.49. The SMILES string of the molecule is Cc1nc(N2CCOCC2)nc2c1CN(C(=O)Cc1ccccn1)CC2. The summed E-state index contributed by atoms with van der Waals surface area (Å²) in [5.74, 6) is 0.892. The standard InChI is InChI=1S/C19H23N5O2/c1-14-16-13-24(18(25)12-15-4-2-3-6-20-15)7-5-17(16)22-19(21-14)23-8-10-26-11-9-23/h2-4,6H,5,7-13H2,1H3. The maximum Gasteiger partial charge on any atom is 0.228 e. The van der Waals surface area contributed by atoms with Crippen molar-refractivity contribution in [3.05, 3.63) is 47.0 Å². The predicted octanol–water partition coefficient (Wildman–Crippen LogP) is 1.14. The molecule has 7 nitrogen and oxygen atoms in total. The summed E-state index contributed by atoms with van der Waals surface area (Å²) in [4.78, 5) is 30.4. The summed E-state index contributed by atoms with van der Waals surface area (Å²) >= 11 is 0. The molecule has 1 amide bonds. The van der Waals surface area contributed by atoms with Gasteiger partial charge in [-0.3, -0.25) is 9.78 Å². The van der Waals surface area contributed by atoms with E-state index in [-0.39, 0.29) is 5.91 Å². The van der Waals surface area contributed by atoms with Gasteiger partial charge in [-0.05, 0) is 19.1 Å². The molecule has 0 saturated carbocycles. The first-order valence-electron chi connectivity index (χ1n) is 9.07. The number of aromatic nitrogens is 3. The number of nitrogens with zero attached hydrogens (tertiary/aromatic N) is 5. The van der Waals surface area contributed by atoms with Gasteiger partial charge in [-0.1, -0.05) is 6.07 Å². The summed E-state index contributed by atoms with van der Waals surface area (Å²) in [5.41, 5.74) is 3.93. The summed E-state index contributed by atoms with van der Waals surface area (Å²) in [7, 11) is 0. The highest BCUT2D eigenvalue weighted by atomic mass is 16.5. The largest absolute Gasteiger partial charge is 0.378 e. The molecule has 2 aromatic rings. The van der Waals surface area contributed by atoms with E-state index in [9.17, 15) is 4.79 Å². The van der Waals surface area contributed by atoms with E-state index in [1.54, 1.807) is 6.20 Å². The van der Waals surface area contributed by atoms with Gasteiger partial charge in [0.05, 0.1) is 25.3 Å². The van der Waals surface area contributed by atoms with Crippen molar-refractivity contribution in [3.63, 3.8) is 0 Å². The van der Waals surface area contributed by atoms with Crippen molar-refractivity contribution >= 4 is 11.9 Å². The fraction of sp³-hybridized carbons (Fsp3) is 0.474. The van der Waals surface area contributed by atoms with Crippen LogP contribution in [0, 0.1) is 6.92 Å². The van der Waals surface area contributed by atoms with E-state index in [1.807, 2.05) is 30.0 Å². The minimum Gasteiger partial charge on any atom is -0.378 e. The second kappa shape index (κ2) is 7.37. The van der Waals surface area contributed by atoms with Gasteiger partial charge in [0, 0.05) is 55.7 Å². The van der Waals surface area contributed by atoms with Crippen LogP contribution in [0.25, 0.3) is 0 Å². The molecule has 0 atom stereocenters. The van der Waals surface area contributed by atoms with Gasteiger partial charge in [-0.25, -0.2) is 9.97 Å². The van der Waals surface area contributed by atoms with Crippen LogP contribution in [0.15, 0.2) is 24.4 Å². The topological polar surface area (TPSA) is 71.5 Å². The van der Waals surface area contributed by atoms with E-state index >= 15 is 0 Å².